The number of amides is 1. The van der Waals surface area contributed by atoms with E-state index in [0.717, 1.165) is 25.1 Å². The third-order valence-electron chi connectivity index (χ3n) is 3.82. The van der Waals surface area contributed by atoms with Crippen LogP contribution in [0.15, 0.2) is 36.7 Å². The zero-order valence-electron chi connectivity index (χ0n) is 13.1. The number of likely N-dealkylation sites (tertiary alicyclic amines) is 1. The molecule has 2 aromatic rings. The predicted octanol–water partition coefficient (Wildman–Crippen LogP) is 1.50. The van der Waals surface area contributed by atoms with Crippen LogP contribution in [-0.4, -0.2) is 45.9 Å². The number of carbonyl (C=O) groups excluding carboxylic acids is 1. The van der Waals surface area contributed by atoms with Crippen LogP contribution in [0.25, 0.3) is 0 Å². The first-order chi connectivity index (χ1) is 11.3. The van der Waals surface area contributed by atoms with Crippen LogP contribution in [0.5, 0.6) is 0 Å². The van der Waals surface area contributed by atoms with Gasteiger partial charge in [0, 0.05) is 18.9 Å². The minimum atomic E-state index is 0.0168. The van der Waals surface area contributed by atoms with Gasteiger partial charge in [-0.25, -0.2) is 15.0 Å². The smallest absolute Gasteiger partial charge is 0.237 e. The summed E-state index contributed by atoms with van der Waals surface area (Å²) in [6.07, 6.45) is 5.34. The Kier molecular flexibility index (Phi) is 4.77. The number of nitrogens with one attached hydrogen (secondary N) is 2. The number of aromatic nitrogens is 3. The summed E-state index contributed by atoms with van der Waals surface area (Å²) in [5.41, 5.74) is 0.861. The lowest BCUT2D eigenvalue weighted by Crippen LogP contribution is -2.37. The highest BCUT2D eigenvalue weighted by molar-refractivity contribution is 5.79. The van der Waals surface area contributed by atoms with Gasteiger partial charge in [0.1, 0.15) is 5.82 Å². The lowest BCUT2D eigenvalue weighted by Gasteiger charge is -2.24. The average Bonchev–Trinajstić information content (AvgIpc) is 3.06. The maximum atomic E-state index is 12.2. The molecule has 1 saturated heterocycles. The fraction of sp³-hybridized carbons (Fsp3) is 0.375. The fourth-order valence-corrected chi connectivity index (χ4v) is 2.80. The highest BCUT2D eigenvalue weighted by Crippen LogP contribution is 2.31. The molecule has 1 amide bonds. The van der Waals surface area contributed by atoms with E-state index >= 15 is 0 Å². The molecular weight excluding hydrogens is 292 g/mol. The molecule has 7 heteroatoms. The number of pyridine rings is 1. The van der Waals surface area contributed by atoms with E-state index in [9.17, 15) is 4.79 Å². The largest absolute Gasteiger partial charge is 0.333 e. The molecule has 0 aliphatic carbocycles. The van der Waals surface area contributed by atoms with Gasteiger partial charge >= 0.3 is 0 Å². The molecule has 2 N–H and O–H groups in total. The maximum Gasteiger partial charge on any atom is 0.237 e. The van der Waals surface area contributed by atoms with Gasteiger partial charge in [0.05, 0.1) is 18.3 Å². The van der Waals surface area contributed by atoms with E-state index in [-0.39, 0.29) is 11.9 Å². The molecule has 1 fully saturated rings. The molecule has 120 valence electrons. The molecule has 7 nitrogen and oxygen atoms in total. The third-order valence-corrected chi connectivity index (χ3v) is 3.82. The standard InChI is InChI=1S/C16H20N6O/c1-17-11-15(23)22-10-4-5-13(22)12-7-9-19-16(20-12)21-14-6-2-3-8-18-14/h2-3,6-9,13,17H,4-5,10-11H2,1H3,(H,18,19,20,21). The third kappa shape index (κ3) is 3.62. The second kappa shape index (κ2) is 7.15. The minimum absolute atomic E-state index is 0.0168. The van der Waals surface area contributed by atoms with E-state index in [2.05, 4.69) is 25.6 Å². The quantitative estimate of drug-likeness (QED) is 0.870. The number of likely N-dealkylation sites (N-methyl/N-ethyl adjacent to an activating group) is 1. The first-order valence-electron chi connectivity index (χ1n) is 7.73. The Morgan fingerprint density at radius 1 is 1.30 bits per heavy atom. The zero-order valence-corrected chi connectivity index (χ0v) is 13.1. The Morgan fingerprint density at radius 3 is 3.00 bits per heavy atom. The van der Waals surface area contributed by atoms with Gasteiger partial charge in [0.2, 0.25) is 11.9 Å². The van der Waals surface area contributed by atoms with Gasteiger partial charge in [-0.3, -0.25) is 4.79 Å². The topological polar surface area (TPSA) is 83.0 Å². The first kappa shape index (κ1) is 15.4. The molecule has 0 aromatic carbocycles. The molecule has 0 radical (unpaired) electrons. The van der Waals surface area contributed by atoms with Crippen LogP contribution in [-0.2, 0) is 4.79 Å². The molecule has 2 aromatic heterocycles. The normalized spacial score (nSPS) is 17.3. The van der Waals surface area contributed by atoms with Crippen LogP contribution in [0.3, 0.4) is 0 Å². The van der Waals surface area contributed by atoms with E-state index in [1.165, 1.54) is 0 Å². The number of nitrogens with zero attached hydrogens (tertiary/aromatic N) is 4. The molecule has 1 unspecified atom stereocenters. The van der Waals surface area contributed by atoms with Gasteiger partial charge < -0.3 is 15.5 Å². The summed E-state index contributed by atoms with van der Waals surface area (Å²) >= 11 is 0. The molecular formula is C16H20N6O. The molecule has 3 rings (SSSR count). The van der Waals surface area contributed by atoms with Gasteiger partial charge in [-0.15, -0.1) is 0 Å². The Morgan fingerprint density at radius 2 is 2.22 bits per heavy atom. The molecule has 1 aliphatic heterocycles. The Bertz CT molecular complexity index is 663. The summed E-state index contributed by atoms with van der Waals surface area (Å²) in [4.78, 5) is 27.1. The van der Waals surface area contributed by atoms with Gasteiger partial charge in [-0.05, 0) is 38.1 Å². The summed E-state index contributed by atoms with van der Waals surface area (Å²) in [5.74, 6) is 1.29. The van der Waals surface area contributed by atoms with Crippen LogP contribution < -0.4 is 10.6 Å². The number of hydrogen-bond acceptors (Lipinski definition) is 6. The maximum absolute atomic E-state index is 12.2. The Balaban J connectivity index is 1.77. The fourth-order valence-electron chi connectivity index (χ4n) is 2.80. The van der Waals surface area contributed by atoms with Gasteiger partial charge in [0.25, 0.3) is 0 Å². The van der Waals surface area contributed by atoms with Gasteiger partial charge in [-0.2, -0.15) is 0 Å². The van der Waals surface area contributed by atoms with E-state index in [1.54, 1.807) is 19.4 Å². The molecule has 1 aliphatic rings. The van der Waals surface area contributed by atoms with Crippen molar-refractivity contribution in [2.45, 2.75) is 18.9 Å². The molecule has 0 bridgehead atoms. The number of anilines is 2. The van der Waals surface area contributed by atoms with E-state index in [4.69, 9.17) is 0 Å². The minimum Gasteiger partial charge on any atom is -0.333 e. The van der Waals surface area contributed by atoms with Crippen molar-refractivity contribution in [3.8, 4) is 0 Å². The SMILES string of the molecule is CNCC(=O)N1CCCC1c1ccnc(Nc2ccccn2)n1. The lowest BCUT2D eigenvalue weighted by atomic mass is 10.1. The van der Waals surface area contributed by atoms with Crippen molar-refractivity contribution in [2.75, 3.05) is 25.5 Å². The van der Waals surface area contributed by atoms with E-state index in [0.29, 0.717) is 18.3 Å². The monoisotopic (exact) mass is 312 g/mol. The van der Waals surface area contributed by atoms with Crippen molar-refractivity contribution < 1.29 is 4.79 Å². The van der Waals surface area contributed by atoms with Crippen molar-refractivity contribution in [3.05, 3.63) is 42.4 Å². The molecule has 23 heavy (non-hydrogen) atoms. The van der Waals surface area contributed by atoms with Gasteiger partial charge in [-0.1, -0.05) is 6.07 Å². The van der Waals surface area contributed by atoms with Crippen molar-refractivity contribution in [3.63, 3.8) is 0 Å². The summed E-state index contributed by atoms with van der Waals surface area (Å²) < 4.78 is 0. The number of hydrogen-bond donors (Lipinski definition) is 2. The van der Waals surface area contributed by atoms with Crippen LogP contribution in [0.2, 0.25) is 0 Å². The lowest BCUT2D eigenvalue weighted by molar-refractivity contribution is -0.131. The van der Waals surface area contributed by atoms with E-state index < -0.39 is 0 Å². The Labute approximate surface area is 135 Å². The predicted molar refractivity (Wildman–Crippen MR) is 87.2 cm³/mol. The number of carbonyl (C=O) groups is 1. The summed E-state index contributed by atoms with van der Waals surface area (Å²) in [5, 5.41) is 6.00. The Hall–Kier alpha value is -2.54. The van der Waals surface area contributed by atoms with Crippen LogP contribution in [0.4, 0.5) is 11.8 Å². The van der Waals surface area contributed by atoms with Crippen LogP contribution >= 0.6 is 0 Å². The van der Waals surface area contributed by atoms with Crippen molar-refractivity contribution >= 4 is 17.7 Å². The molecule has 1 atom stereocenters. The van der Waals surface area contributed by atoms with E-state index in [1.807, 2.05) is 29.2 Å². The van der Waals surface area contributed by atoms with Crippen molar-refractivity contribution in [1.29, 1.82) is 0 Å². The summed E-state index contributed by atoms with van der Waals surface area (Å²) in [6.45, 7) is 1.12. The van der Waals surface area contributed by atoms with Crippen molar-refractivity contribution in [2.24, 2.45) is 0 Å². The molecule has 0 spiro atoms. The second-order valence-corrected chi connectivity index (χ2v) is 5.42. The summed E-state index contributed by atoms with van der Waals surface area (Å²) in [6, 6.07) is 7.50. The van der Waals surface area contributed by atoms with Crippen LogP contribution in [0, 0.1) is 0 Å². The van der Waals surface area contributed by atoms with Crippen molar-refractivity contribution in [1.82, 2.24) is 25.2 Å². The molecule has 0 saturated carbocycles. The summed E-state index contributed by atoms with van der Waals surface area (Å²) in [7, 11) is 1.78. The average molecular weight is 312 g/mol. The highest BCUT2D eigenvalue weighted by Gasteiger charge is 2.30. The number of rotatable bonds is 5. The second-order valence-electron chi connectivity index (χ2n) is 5.42. The van der Waals surface area contributed by atoms with Crippen LogP contribution in [0.1, 0.15) is 24.6 Å². The van der Waals surface area contributed by atoms with Gasteiger partial charge in [0.15, 0.2) is 0 Å². The molecule has 3 heterocycles. The zero-order chi connectivity index (χ0) is 16.1. The highest BCUT2D eigenvalue weighted by atomic mass is 16.2. The first-order valence-corrected chi connectivity index (χ1v) is 7.73.